The van der Waals surface area contributed by atoms with E-state index in [1.165, 1.54) is 38.2 Å². The van der Waals surface area contributed by atoms with Gasteiger partial charge in [0.2, 0.25) is 10.0 Å². The molecule has 3 N–H and O–H groups in total. The molecule has 1 aliphatic carbocycles. The summed E-state index contributed by atoms with van der Waals surface area (Å²) in [6, 6.07) is 0. The zero-order valence-corrected chi connectivity index (χ0v) is 17.6. The lowest BCUT2D eigenvalue weighted by Gasteiger charge is -2.35. The predicted octanol–water partition coefficient (Wildman–Crippen LogP) is 4.79. The molecular weight excluding hydrogens is 362 g/mol. The van der Waals surface area contributed by atoms with Gasteiger partial charge in [-0.05, 0) is 43.4 Å². The second-order valence-electron chi connectivity index (χ2n) is 7.98. The Hall–Kier alpha value is -1.14. The number of carbonyl (C=O) groups is 1. The Bertz CT molecular complexity index is 597. The normalized spacial score (nSPS) is 23.6. The van der Waals surface area contributed by atoms with Crippen molar-refractivity contribution in [1.29, 1.82) is 0 Å². The molecule has 0 unspecified atom stereocenters. The van der Waals surface area contributed by atoms with Crippen molar-refractivity contribution < 1.29 is 18.3 Å². The van der Waals surface area contributed by atoms with Crippen LogP contribution < -0.4 is 5.14 Å². The Kier molecular flexibility index (Phi) is 10.9. The number of primary sulfonamides is 1. The first-order chi connectivity index (χ1) is 12.8. The first-order valence-corrected chi connectivity index (χ1v) is 12.1. The molecule has 0 aromatic rings. The van der Waals surface area contributed by atoms with Gasteiger partial charge in [-0.25, -0.2) is 18.4 Å². The molecule has 0 aromatic carbocycles. The number of carboxylic acid groups (broad SMARTS) is 1. The van der Waals surface area contributed by atoms with Crippen LogP contribution in [0, 0.1) is 11.3 Å². The van der Waals surface area contributed by atoms with Crippen LogP contribution in [0.3, 0.4) is 0 Å². The summed E-state index contributed by atoms with van der Waals surface area (Å²) in [5.41, 5.74) is -0.224. The Morgan fingerprint density at radius 1 is 1.19 bits per heavy atom. The third-order valence-corrected chi connectivity index (χ3v) is 6.76. The van der Waals surface area contributed by atoms with E-state index >= 15 is 0 Å². The van der Waals surface area contributed by atoms with Crippen LogP contribution in [0.15, 0.2) is 24.3 Å². The molecule has 0 saturated heterocycles. The molecule has 27 heavy (non-hydrogen) atoms. The number of rotatable bonds is 14. The molecule has 1 aliphatic rings. The molecular formula is C21H37NO4S. The summed E-state index contributed by atoms with van der Waals surface area (Å²) in [5.74, 6) is -0.482. The Labute approximate surface area is 165 Å². The highest BCUT2D eigenvalue weighted by Gasteiger charge is 2.43. The van der Waals surface area contributed by atoms with E-state index in [9.17, 15) is 13.2 Å². The molecule has 0 amide bonds. The van der Waals surface area contributed by atoms with Crippen molar-refractivity contribution in [2.24, 2.45) is 16.5 Å². The van der Waals surface area contributed by atoms with Crippen LogP contribution in [0.1, 0.15) is 84.0 Å². The van der Waals surface area contributed by atoms with Crippen molar-refractivity contribution in [2.45, 2.75) is 84.0 Å². The fourth-order valence-corrected chi connectivity index (χ4v) is 5.83. The standard InChI is InChI=1S/C21H37NO4S/c1-2-3-4-5-6-9-13-19-14-12-17-21(19,18-27(22,25)26)16-11-8-7-10-15-20(23)24/h7-8,10,15,19H,2-6,9,11-14,16-18H2,1H3,(H,23,24)(H2,22,25,26)/t19-,21-/m0/s1. The maximum absolute atomic E-state index is 11.9. The van der Waals surface area contributed by atoms with Crippen molar-refractivity contribution >= 4 is 16.0 Å². The van der Waals surface area contributed by atoms with E-state index in [4.69, 9.17) is 10.2 Å². The molecule has 0 heterocycles. The minimum atomic E-state index is -3.52. The number of hydrogen-bond acceptors (Lipinski definition) is 3. The van der Waals surface area contributed by atoms with Crippen molar-refractivity contribution in [3.05, 3.63) is 24.3 Å². The maximum atomic E-state index is 11.9. The lowest BCUT2D eigenvalue weighted by Crippen LogP contribution is -2.36. The van der Waals surface area contributed by atoms with Gasteiger partial charge in [-0.2, -0.15) is 0 Å². The lowest BCUT2D eigenvalue weighted by molar-refractivity contribution is -0.131. The molecule has 0 aromatic heterocycles. The van der Waals surface area contributed by atoms with E-state index in [0.29, 0.717) is 5.92 Å². The first-order valence-electron chi connectivity index (χ1n) is 10.4. The summed E-state index contributed by atoms with van der Waals surface area (Å²) < 4.78 is 23.8. The van der Waals surface area contributed by atoms with Gasteiger partial charge in [-0.15, -0.1) is 0 Å². The van der Waals surface area contributed by atoms with Crippen molar-refractivity contribution in [3.63, 3.8) is 0 Å². The molecule has 1 rings (SSSR count). The Morgan fingerprint density at radius 2 is 1.89 bits per heavy atom. The van der Waals surface area contributed by atoms with Crippen LogP contribution in [-0.2, 0) is 14.8 Å². The Morgan fingerprint density at radius 3 is 2.56 bits per heavy atom. The monoisotopic (exact) mass is 399 g/mol. The van der Waals surface area contributed by atoms with Gasteiger partial charge >= 0.3 is 5.97 Å². The SMILES string of the molecule is CCCCCCCC[C@H]1CCC[C@@]1(CCC=CC=CC(=O)O)CS(N)(=O)=O. The summed E-state index contributed by atoms with van der Waals surface area (Å²) in [5, 5.41) is 14.0. The van der Waals surface area contributed by atoms with E-state index in [-0.39, 0.29) is 11.2 Å². The summed E-state index contributed by atoms with van der Waals surface area (Å²) >= 11 is 0. The van der Waals surface area contributed by atoms with Crippen molar-refractivity contribution in [3.8, 4) is 0 Å². The third kappa shape index (κ3) is 10.1. The summed E-state index contributed by atoms with van der Waals surface area (Å²) in [6.45, 7) is 2.21. The Balaban J connectivity index is 2.63. The number of sulfonamides is 1. The van der Waals surface area contributed by atoms with E-state index in [1.54, 1.807) is 6.08 Å². The van der Waals surface area contributed by atoms with Gasteiger partial charge < -0.3 is 5.11 Å². The van der Waals surface area contributed by atoms with Crippen LogP contribution in [-0.4, -0.2) is 25.2 Å². The van der Waals surface area contributed by atoms with E-state index in [0.717, 1.165) is 51.0 Å². The van der Waals surface area contributed by atoms with E-state index in [2.05, 4.69) is 6.92 Å². The van der Waals surface area contributed by atoms with Crippen LogP contribution in [0.2, 0.25) is 0 Å². The molecule has 0 aliphatic heterocycles. The van der Waals surface area contributed by atoms with Gasteiger partial charge in [0.15, 0.2) is 0 Å². The van der Waals surface area contributed by atoms with Gasteiger partial charge in [-0.3, -0.25) is 0 Å². The zero-order valence-electron chi connectivity index (χ0n) is 16.7. The number of allylic oxidation sites excluding steroid dienone is 3. The summed E-state index contributed by atoms with van der Waals surface area (Å²) in [6.07, 6.45) is 19.4. The zero-order chi connectivity index (χ0) is 20.2. The summed E-state index contributed by atoms with van der Waals surface area (Å²) in [4.78, 5) is 10.5. The molecule has 6 heteroatoms. The topological polar surface area (TPSA) is 97.5 Å². The molecule has 5 nitrogen and oxygen atoms in total. The molecule has 156 valence electrons. The van der Waals surface area contributed by atoms with E-state index < -0.39 is 16.0 Å². The van der Waals surface area contributed by atoms with Crippen LogP contribution in [0.5, 0.6) is 0 Å². The first kappa shape index (κ1) is 23.9. The van der Waals surface area contributed by atoms with Gasteiger partial charge in [-0.1, -0.05) is 70.1 Å². The third-order valence-electron chi connectivity index (χ3n) is 5.78. The second-order valence-corrected chi connectivity index (χ2v) is 9.59. The number of unbranched alkanes of at least 4 members (excludes halogenated alkanes) is 5. The number of carboxylic acids is 1. The molecule has 2 atom stereocenters. The van der Waals surface area contributed by atoms with Crippen molar-refractivity contribution in [1.82, 2.24) is 0 Å². The molecule has 0 bridgehead atoms. The average molecular weight is 400 g/mol. The van der Waals surface area contributed by atoms with Gasteiger partial charge in [0.05, 0.1) is 5.75 Å². The van der Waals surface area contributed by atoms with E-state index in [1.807, 2.05) is 6.08 Å². The minimum absolute atomic E-state index is 0.0688. The summed E-state index contributed by atoms with van der Waals surface area (Å²) in [7, 11) is -3.52. The molecule has 0 radical (unpaired) electrons. The smallest absolute Gasteiger partial charge is 0.328 e. The maximum Gasteiger partial charge on any atom is 0.328 e. The minimum Gasteiger partial charge on any atom is -0.478 e. The number of nitrogens with two attached hydrogens (primary N) is 1. The fourth-order valence-electron chi connectivity index (χ4n) is 4.51. The quantitative estimate of drug-likeness (QED) is 0.249. The second kappa shape index (κ2) is 12.3. The molecule has 1 saturated carbocycles. The molecule has 0 spiro atoms. The van der Waals surface area contributed by atoms with Gasteiger partial charge in [0, 0.05) is 6.08 Å². The average Bonchev–Trinajstić information content (AvgIpc) is 2.94. The van der Waals surface area contributed by atoms with Crippen molar-refractivity contribution in [2.75, 3.05) is 5.75 Å². The highest BCUT2D eigenvalue weighted by atomic mass is 32.2. The predicted molar refractivity (Wildman–Crippen MR) is 111 cm³/mol. The van der Waals surface area contributed by atoms with Gasteiger partial charge in [0.1, 0.15) is 0 Å². The fraction of sp³-hybridized carbons (Fsp3) is 0.762. The van der Waals surface area contributed by atoms with Crippen LogP contribution in [0.4, 0.5) is 0 Å². The van der Waals surface area contributed by atoms with Crippen LogP contribution >= 0.6 is 0 Å². The highest BCUT2D eigenvalue weighted by Crippen LogP contribution is 2.49. The van der Waals surface area contributed by atoms with Crippen LogP contribution in [0.25, 0.3) is 0 Å². The lowest BCUT2D eigenvalue weighted by atomic mass is 9.73. The largest absolute Gasteiger partial charge is 0.478 e. The highest BCUT2D eigenvalue weighted by molar-refractivity contribution is 7.89. The number of hydrogen-bond donors (Lipinski definition) is 2. The van der Waals surface area contributed by atoms with Gasteiger partial charge in [0.25, 0.3) is 0 Å². The molecule has 1 fully saturated rings. The number of aliphatic carboxylic acids is 1.